The number of likely N-dealkylation sites (N-methyl/N-ethyl adjacent to an activating group) is 1. The molecule has 2 aliphatic rings. The Morgan fingerprint density at radius 1 is 1.22 bits per heavy atom. The van der Waals surface area contributed by atoms with Gasteiger partial charge in [0.25, 0.3) is 0 Å². The monoisotopic (exact) mass is 252 g/mol. The van der Waals surface area contributed by atoms with Crippen LogP contribution < -0.4 is 5.32 Å². The fourth-order valence-corrected chi connectivity index (χ4v) is 3.32. The molecule has 0 aromatic carbocycles. The maximum atomic E-state index is 12.1. The first-order chi connectivity index (χ1) is 8.67. The van der Waals surface area contributed by atoms with E-state index in [0.29, 0.717) is 24.9 Å². The summed E-state index contributed by atoms with van der Waals surface area (Å²) in [5, 5.41) is 3.45. The molecule has 1 heterocycles. The van der Waals surface area contributed by atoms with Gasteiger partial charge < -0.3 is 5.32 Å². The molecule has 1 saturated carbocycles. The van der Waals surface area contributed by atoms with Crippen molar-refractivity contribution >= 4 is 11.8 Å². The first-order valence-corrected chi connectivity index (χ1v) is 7.27. The van der Waals surface area contributed by atoms with Crippen molar-refractivity contribution in [2.45, 2.75) is 64.5 Å². The average Bonchev–Trinajstić information content (AvgIpc) is 2.65. The van der Waals surface area contributed by atoms with Crippen molar-refractivity contribution in [3.63, 3.8) is 0 Å². The van der Waals surface area contributed by atoms with Crippen LogP contribution in [0.5, 0.6) is 0 Å². The number of amides is 2. The highest BCUT2D eigenvalue weighted by Crippen LogP contribution is 2.28. The molecule has 4 heteroatoms. The number of nitrogens with zero attached hydrogens (tertiary/aromatic N) is 1. The van der Waals surface area contributed by atoms with Crippen LogP contribution in [0, 0.1) is 5.92 Å². The van der Waals surface area contributed by atoms with Crippen molar-refractivity contribution in [2.24, 2.45) is 5.92 Å². The molecule has 1 aliphatic carbocycles. The lowest BCUT2D eigenvalue weighted by atomic mass is 9.82. The summed E-state index contributed by atoms with van der Waals surface area (Å²) in [4.78, 5) is 25.1. The van der Waals surface area contributed by atoms with E-state index in [-0.39, 0.29) is 17.9 Å². The Bertz CT molecular complexity index is 330. The van der Waals surface area contributed by atoms with E-state index in [9.17, 15) is 9.59 Å². The average molecular weight is 252 g/mol. The Labute approximate surface area is 109 Å². The molecule has 2 amide bonds. The van der Waals surface area contributed by atoms with E-state index in [1.165, 1.54) is 24.2 Å². The second-order valence-electron chi connectivity index (χ2n) is 5.46. The molecule has 0 aromatic heterocycles. The van der Waals surface area contributed by atoms with Gasteiger partial charge in [-0.25, -0.2) is 0 Å². The summed E-state index contributed by atoms with van der Waals surface area (Å²) < 4.78 is 0. The minimum absolute atomic E-state index is 0.0242. The highest BCUT2D eigenvalue weighted by atomic mass is 16.2. The van der Waals surface area contributed by atoms with E-state index >= 15 is 0 Å². The summed E-state index contributed by atoms with van der Waals surface area (Å²) in [6.07, 6.45) is 6.43. The number of hydrogen-bond donors (Lipinski definition) is 1. The topological polar surface area (TPSA) is 49.4 Å². The molecule has 1 N–H and O–H groups in total. The minimum atomic E-state index is -0.269. The zero-order valence-corrected chi connectivity index (χ0v) is 11.4. The van der Waals surface area contributed by atoms with Crippen LogP contribution >= 0.6 is 0 Å². The van der Waals surface area contributed by atoms with E-state index in [1.54, 1.807) is 0 Å². The first kappa shape index (κ1) is 13.5. The third-order valence-corrected chi connectivity index (χ3v) is 4.41. The van der Waals surface area contributed by atoms with Crippen molar-refractivity contribution in [1.29, 1.82) is 0 Å². The van der Waals surface area contributed by atoms with Crippen molar-refractivity contribution in [2.75, 3.05) is 6.54 Å². The number of hydrogen-bond acceptors (Lipinski definition) is 3. The van der Waals surface area contributed by atoms with Crippen LogP contribution in [0.25, 0.3) is 0 Å². The zero-order chi connectivity index (χ0) is 13.1. The lowest BCUT2D eigenvalue weighted by Gasteiger charge is -2.33. The maximum Gasteiger partial charge on any atom is 0.246 e. The predicted molar refractivity (Wildman–Crippen MR) is 70.0 cm³/mol. The van der Waals surface area contributed by atoms with Crippen molar-refractivity contribution in [3.05, 3.63) is 0 Å². The van der Waals surface area contributed by atoms with Gasteiger partial charge in [0.2, 0.25) is 11.8 Å². The lowest BCUT2D eigenvalue weighted by molar-refractivity contribution is -0.138. The molecule has 0 spiro atoms. The summed E-state index contributed by atoms with van der Waals surface area (Å²) in [7, 11) is 0. The quantitative estimate of drug-likeness (QED) is 0.775. The van der Waals surface area contributed by atoms with Gasteiger partial charge in [-0.2, -0.15) is 0 Å². The fraction of sp³-hybridized carbons (Fsp3) is 0.857. The van der Waals surface area contributed by atoms with E-state index in [4.69, 9.17) is 0 Å². The Balaban J connectivity index is 1.97. The van der Waals surface area contributed by atoms with Gasteiger partial charge in [-0.15, -0.1) is 0 Å². The van der Waals surface area contributed by atoms with Gasteiger partial charge in [-0.3, -0.25) is 14.5 Å². The molecule has 3 unspecified atom stereocenters. The van der Waals surface area contributed by atoms with Gasteiger partial charge in [0.1, 0.15) is 0 Å². The number of carbonyl (C=O) groups is 2. The second kappa shape index (κ2) is 5.83. The van der Waals surface area contributed by atoms with E-state index in [2.05, 4.69) is 12.2 Å². The van der Waals surface area contributed by atoms with Crippen LogP contribution in [0.15, 0.2) is 0 Å². The summed E-state index contributed by atoms with van der Waals surface area (Å²) >= 11 is 0. The minimum Gasteiger partial charge on any atom is -0.302 e. The first-order valence-electron chi connectivity index (χ1n) is 7.27. The van der Waals surface area contributed by atoms with Gasteiger partial charge >= 0.3 is 0 Å². The number of rotatable bonds is 4. The largest absolute Gasteiger partial charge is 0.302 e. The molecule has 18 heavy (non-hydrogen) atoms. The molecule has 2 fully saturated rings. The summed E-state index contributed by atoms with van der Waals surface area (Å²) in [5.41, 5.74) is 0. The van der Waals surface area contributed by atoms with Crippen molar-refractivity contribution < 1.29 is 9.59 Å². The molecular weight excluding hydrogens is 228 g/mol. The van der Waals surface area contributed by atoms with Crippen molar-refractivity contribution in [3.8, 4) is 0 Å². The van der Waals surface area contributed by atoms with E-state index < -0.39 is 0 Å². The molecule has 0 aromatic rings. The second-order valence-corrected chi connectivity index (χ2v) is 5.46. The van der Waals surface area contributed by atoms with Gasteiger partial charge in [-0.1, -0.05) is 26.2 Å². The van der Waals surface area contributed by atoms with Crippen LogP contribution in [-0.2, 0) is 9.59 Å². The standard InChI is InChI=1S/C14H24N2O2/c1-3-10-7-5-6-8-11(10)15-12-9-13(17)16(4-2)14(12)18/h10-12,15H,3-9H2,1-2H3. The zero-order valence-electron chi connectivity index (χ0n) is 11.4. The van der Waals surface area contributed by atoms with Crippen LogP contribution in [0.4, 0.5) is 0 Å². The van der Waals surface area contributed by atoms with Crippen LogP contribution in [0.1, 0.15) is 52.4 Å². The van der Waals surface area contributed by atoms with Gasteiger partial charge in [0.05, 0.1) is 12.5 Å². The smallest absolute Gasteiger partial charge is 0.246 e. The Morgan fingerprint density at radius 2 is 1.94 bits per heavy atom. The highest BCUT2D eigenvalue weighted by Gasteiger charge is 2.39. The Hall–Kier alpha value is -0.900. The number of nitrogens with one attached hydrogen (secondary N) is 1. The Kier molecular flexibility index (Phi) is 4.38. The SMILES string of the molecule is CCC1CCCCC1NC1CC(=O)N(CC)C1=O. The number of imide groups is 1. The third-order valence-electron chi connectivity index (χ3n) is 4.41. The molecule has 1 aliphatic heterocycles. The van der Waals surface area contributed by atoms with E-state index in [1.807, 2.05) is 6.92 Å². The molecule has 1 saturated heterocycles. The van der Waals surface area contributed by atoms with Gasteiger partial charge in [-0.05, 0) is 25.7 Å². The normalized spacial score (nSPS) is 33.2. The summed E-state index contributed by atoms with van der Waals surface area (Å²) in [6.45, 7) is 4.57. The maximum absolute atomic E-state index is 12.1. The number of likely N-dealkylation sites (tertiary alicyclic amines) is 1. The summed E-state index contributed by atoms with van der Waals surface area (Å²) in [6, 6.07) is 0.150. The fourth-order valence-electron chi connectivity index (χ4n) is 3.32. The molecule has 102 valence electrons. The molecule has 0 bridgehead atoms. The van der Waals surface area contributed by atoms with E-state index in [0.717, 1.165) is 12.8 Å². The third kappa shape index (κ3) is 2.58. The molecule has 2 rings (SSSR count). The molecule has 0 radical (unpaired) electrons. The van der Waals surface area contributed by atoms with Crippen LogP contribution in [0.3, 0.4) is 0 Å². The lowest BCUT2D eigenvalue weighted by Crippen LogP contribution is -2.47. The highest BCUT2D eigenvalue weighted by molar-refractivity contribution is 6.05. The number of carbonyl (C=O) groups excluding carboxylic acids is 2. The Morgan fingerprint density at radius 3 is 2.56 bits per heavy atom. The van der Waals surface area contributed by atoms with Gasteiger partial charge in [0.15, 0.2) is 0 Å². The van der Waals surface area contributed by atoms with Crippen molar-refractivity contribution in [1.82, 2.24) is 10.2 Å². The van der Waals surface area contributed by atoms with Crippen LogP contribution in [0.2, 0.25) is 0 Å². The molecule has 4 nitrogen and oxygen atoms in total. The van der Waals surface area contributed by atoms with Crippen LogP contribution in [-0.4, -0.2) is 35.3 Å². The predicted octanol–water partition coefficient (Wildman–Crippen LogP) is 1.69. The molecular formula is C14H24N2O2. The summed E-state index contributed by atoms with van der Waals surface area (Å²) in [5.74, 6) is 0.615. The van der Waals surface area contributed by atoms with Gasteiger partial charge in [0, 0.05) is 12.6 Å². The molecule has 3 atom stereocenters.